The molecule has 3 unspecified atom stereocenters. The van der Waals surface area contributed by atoms with Crippen LogP contribution in [0.4, 0.5) is 0 Å². The molecule has 168 valence electrons. The molecule has 3 rings (SSSR count). The van der Waals surface area contributed by atoms with Crippen molar-refractivity contribution in [2.75, 3.05) is 65.5 Å². The van der Waals surface area contributed by atoms with Crippen molar-refractivity contribution in [1.82, 2.24) is 20.0 Å². The summed E-state index contributed by atoms with van der Waals surface area (Å²) >= 11 is 0. The molecule has 0 saturated carbocycles. The van der Waals surface area contributed by atoms with E-state index in [1.54, 1.807) is 0 Å². The Labute approximate surface area is 193 Å². The Bertz CT molecular complexity index is 523. The van der Waals surface area contributed by atoms with Crippen LogP contribution in [0.15, 0.2) is 4.99 Å². The number of nitrogens with zero attached hydrogens (tertiary/aromatic N) is 4. The molecule has 3 fully saturated rings. The highest BCUT2D eigenvalue weighted by Crippen LogP contribution is 2.20. The second kappa shape index (κ2) is 12.3. The predicted molar refractivity (Wildman–Crippen MR) is 128 cm³/mol. The summed E-state index contributed by atoms with van der Waals surface area (Å²) in [6, 6.07) is 0. The van der Waals surface area contributed by atoms with Gasteiger partial charge in [0.15, 0.2) is 5.96 Å². The number of carbonyl (C=O) groups excluding carboxylic acids is 1. The van der Waals surface area contributed by atoms with Gasteiger partial charge in [-0.15, -0.1) is 24.0 Å². The van der Waals surface area contributed by atoms with Crippen LogP contribution < -0.4 is 5.32 Å². The number of piperazine rings is 1. The van der Waals surface area contributed by atoms with E-state index in [0.29, 0.717) is 0 Å². The van der Waals surface area contributed by atoms with Gasteiger partial charge in [0.25, 0.3) is 5.91 Å². The number of guanidine groups is 1. The molecule has 8 heteroatoms. The van der Waals surface area contributed by atoms with E-state index in [-0.39, 0.29) is 36.0 Å². The molecular formula is C21H40IN5O2. The zero-order valence-electron chi connectivity index (χ0n) is 18.4. The lowest BCUT2D eigenvalue weighted by atomic mass is 9.92. The normalized spacial score (nSPS) is 28.9. The molecule has 3 saturated heterocycles. The zero-order valence-corrected chi connectivity index (χ0v) is 20.8. The smallest absolute Gasteiger partial charge is 0.251 e. The van der Waals surface area contributed by atoms with Crippen LogP contribution in [0.1, 0.15) is 40.0 Å². The third kappa shape index (κ3) is 7.24. The van der Waals surface area contributed by atoms with Crippen molar-refractivity contribution in [2.24, 2.45) is 16.8 Å². The first kappa shape index (κ1) is 24.7. The molecule has 0 aromatic carbocycles. The van der Waals surface area contributed by atoms with Crippen LogP contribution >= 0.6 is 24.0 Å². The van der Waals surface area contributed by atoms with Crippen molar-refractivity contribution in [3.8, 4) is 0 Å². The van der Waals surface area contributed by atoms with Crippen LogP contribution in [0.3, 0.4) is 0 Å². The third-order valence-corrected chi connectivity index (χ3v) is 6.05. The number of nitrogens with one attached hydrogen (secondary N) is 1. The van der Waals surface area contributed by atoms with Gasteiger partial charge >= 0.3 is 0 Å². The lowest BCUT2D eigenvalue weighted by molar-refractivity contribution is -0.142. The zero-order chi connectivity index (χ0) is 19.9. The summed E-state index contributed by atoms with van der Waals surface area (Å²) in [6.45, 7) is 15.8. The molecule has 0 aromatic rings. The van der Waals surface area contributed by atoms with Gasteiger partial charge in [0.1, 0.15) is 6.10 Å². The fraction of sp³-hybridized carbons (Fsp3) is 0.905. The SMILES string of the molecule is CCNC(=NCCN1CC(C)CC(C)C1)N1CCN(C(=O)C2CCCO2)CC1.I. The van der Waals surface area contributed by atoms with Gasteiger partial charge in [-0.3, -0.25) is 9.79 Å². The highest BCUT2D eigenvalue weighted by molar-refractivity contribution is 14.0. The summed E-state index contributed by atoms with van der Waals surface area (Å²) in [5.74, 6) is 2.74. The van der Waals surface area contributed by atoms with E-state index in [4.69, 9.17) is 9.73 Å². The molecule has 3 aliphatic rings. The summed E-state index contributed by atoms with van der Waals surface area (Å²) in [4.78, 5) is 24.2. The molecule has 0 aliphatic carbocycles. The van der Waals surface area contributed by atoms with Crippen LogP contribution in [-0.2, 0) is 9.53 Å². The maximum atomic E-state index is 12.5. The van der Waals surface area contributed by atoms with Crippen LogP contribution in [0.25, 0.3) is 0 Å². The number of hydrogen-bond donors (Lipinski definition) is 1. The quantitative estimate of drug-likeness (QED) is 0.340. The third-order valence-electron chi connectivity index (χ3n) is 6.05. The summed E-state index contributed by atoms with van der Waals surface area (Å²) in [6.07, 6.45) is 3.01. The van der Waals surface area contributed by atoms with Crippen LogP contribution in [0, 0.1) is 11.8 Å². The number of carbonyl (C=O) groups is 1. The average molecular weight is 521 g/mol. The van der Waals surface area contributed by atoms with E-state index in [2.05, 4.69) is 35.9 Å². The van der Waals surface area contributed by atoms with Crippen LogP contribution in [0.2, 0.25) is 0 Å². The predicted octanol–water partition coefficient (Wildman–Crippen LogP) is 1.87. The first-order valence-corrected chi connectivity index (χ1v) is 11.2. The van der Waals surface area contributed by atoms with E-state index >= 15 is 0 Å². The van der Waals surface area contributed by atoms with Crippen molar-refractivity contribution in [3.05, 3.63) is 0 Å². The number of hydrogen-bond acceptors (Lipinski definition) is 4. The fourth-order valence-corrected chi connectivity index (χ4v) is 4.81. The maximum Gasteiger partial charge on any atom is 0.251 e. The average Bonchev–Trinajstić information content (AvgIpc) is 3.21. The number of rotatable bonds is 5. The van der Waals surface area contributed by atoms with E-state index < -0.39 is 0 Å². The standard InChI is InChI=1S/C21H39N5O2.HI/c1-4-22-21(23-7-8-24-15-17(2)14-18(3)16-24)26-11-9-25(10-12-26)20(27)19-6-5-13-28-19;/h17-19H,4-16H2,1-3H3,(H,22,23);1H. The minimum Gasteiger partial charge on any atom is -0.368 e. The van der Waals surface area contributed by atoms with Crippen molar-refractivity contribution in [1.29, 1.82) is 0 Å². The Morgan fingerprint density at radius 3 is 2.34 bits per heavy atom. The number of likely N-dealkylation sites (tertiary alicyclic amines) is 1. The van der Waals surface area contributed by atoms with Gasteiger partial charge < -0.3 is 24.8 Å². The number of aliphatic imine (C=N–C) groups is 1. The fourth-order valence-electron chi connectivity index (χ4n) is 4.81. The van der Waals surface area contributed by atoms with Crippen molar-refractivity contribution >= 4 is 35.8 Å². The Kier molecular flexibility index (Phi) is 10.5. The van der Waals surface area contributed by atoms with Gasteiger partial charge in [-0.2, -0.15) is 0 Å². The molecule has 3 atom stereocenters. The summed E-state index contributed by atoms with van der Waals surface area (Å²) in [5, 5.41) is 3.44. The molecule has 7 nitrogen and oxygen atoms in total. The summed E-state index contributed by atoms with van der Waals surface area (Å²) in [7, 11) is 0. The molecule has 1 N–H and O–H groups in total. The van der Waals surface area contributed by atoms with Crippen molar-refractivity contribution in [2.45, 2.75) is 46.1 Å². The highest BCUT2D eigenvalue weighted by Gasteiger charge is 2.31. The Morgan fingerprint density at radius 1 is 1.10 bits per heavy atom. The molecule has 0 bridgehead atoms. The van der Waals surface area contributed by atoms with Gasteiger partial charge in [0, 0.05) is 59.0 Å². The van der Waals surface area contributed by atoms with E-state index in [9.17, 15) is 4.79 Å². The lowest BCUT2D eigenvalue weighted by Gasteiger charge is -2.37. The highest BCUT2D eigenvalue weighted by atomic mass is 127. The monoisotopic (exact) mass is 521 g/mol. The van der Waals surface area contributed by atoms with Crippen LogP contribution in [0.5, 0.6) is 0 Å². The second-order valence-electron chi connectivity index (χ2n) is 8.76. The molecule has 3 aliphatic heterocycles. The number of piperidine rings is 1. The Balaban J connectivity index is 0.00000300. The van der Waals surface area contributed by atoms with Gasteiger partial charge in [-0.25, -0.2) is 0 Å². The topological polar surface area (TPSA) is 60.4 Å². The van der Waals surface area contributed by atoms with Gasteiger partial charge in [0.05, 0.1) is 6.54 Å². The molecule has 0 spiro atoms. The molecule has 29 heavy (non-hydrogen) atoms. The minimum atomic E-state index is -0.206. The molecule has 3 heterocycles. The van der Waals surface area contributed by atoms with Gasteiger partial charge in [0.2, 0.25) is 0 Å². The summed E-state index contributed by atoms with van der Waals surface area (Å²) < 4.78 is 5.56. The summed E-state index contributed by atoms with van der Waals surface area (Å²) in [5.41, 5.74) is 0. The lowest BCUT2D eigenvalue weighted by Crippen LogP contribution is -2.55. The van der Waals surface area contributed by atoms with Gasteiger partial charge in [-0.05, 0) is 38.0 Å². The molecule has 0 aromatic heterocycles. The van der Waals surface area contributed by atoms with Crippen molar-refractivity contribution < 1.29 is 9.53 Å². The maximum absolute atomic E-state index is 12.5. The molecular weight excluding hydrogens is 481 g/mol. The van der Waals surface area contributed by atoms with Crippen molar-refractivity contribution in [3.63, 3.8) is 0 Å². The largest absolute Gasteiger partial charge is 0.368 e. The van der Waals surface area contributed by atoms with Crippen LogP contribution in [-0.4, -0.2) is 98.2 Å². The molecule has 1 amide bonds. The molecule has 0 radical (unpaired) electrons. The Morgan fingerprint density at radius 2 is 1.76 bits per heavy atom. The van der Waals surface area contributed by atoms with E-state index in [1.807, 2.05) is 4.90 Å². The first-order chi connectivity index (χ1) is 13.6. The van der Waals surface area contributed by atoms with E-state index in [1.165, 1.54) is 19.5 Å². The number of amides is 1. The van der Waals surface area contributed by atoms with E-state index in [0.717, 1.165) is 83.1 Å². The first-order valence-electron chi connectivity index (χ1n) is 11.2. The number of ether oxygens (including phenoxy) is 1. The van der Waals surface area contributed by atoms with Gasteiger partial charge in [-0.1, -0.05) is 13.8 Å². The number of halogens is 1. The minimum absolute atomic E-state index is 0. The second-order valence-corrected chi connectivity index (χ2v) is 8.76. The Hall–Kier alpha value is -0.610.